The summed E-state index contributed by atoms with van der Waals surface area (Å²) in [6.45, 7) is 0. The first-order chi connectivity index (χ1) is 38.3. The molecule has 5 aromatic rings. The van der Waals surface area contributed by atoms with Crippen LogP contribution in [0.15, 0.2) is 102 Å². The van der Waals surface area contributed by atoms with Crippen molar-refractivity contribution in [3.05, 3.63) is 164 Å². The molecule has 82 heavy (non-hydrogen) atoms. The number of anilines is 4. The van der Waals surface area contributed by atoms with Crippen molar-refractivity contribution in [2.45, 2.75) is 115 Å². The summed E-state index contributed by atoms with van der Waals surface area (Å²) >= 11 is 0. The zero-order valence-electron chi connectivity index (χ0n) is 43.1. The lowest BCUT2D eigenvalue weighted by molar-refractivity contribution is -0.144. The molecular formula is C58H51F13N4O7. The molecule has 0 saturated carbocycles. The number of carboxylic acid groups (broad SMARTS) is 1. The molecule has 0 radical (unpaired) electrons. The molecule has 5 aromatic carbocycles. The number of ketones is 2. The molecule has 0 spiro atoms. The van der Waals surface area contributed by atoms with E-state index in [4.69, 9.17) is 10.8 Å². The van der Waals surface area contributed by atoms with Gasteiger partial charge in [-0.2, -0.15) is 52.7 Å². The molecule has 6 N–H and O–H groups in total. The van der Waals surface area contributed by atoms with Crippen molar-refractivity contribution in [3.63, 3.8) is 0 Å². The van der Waals surface area contributed by atoms with Gasteiger partial charge in [-0.05, 0) is 177 Å². The number of rotatable bonds is 17. The Morgan fingerprint density at radius 2 is 0.829 bits per heavy atom. The van der Waals surface area contributed by atoms with Gasteiger partial charge in [0, 0.05) is 59.3 Å². The highest BCUT2D eigenvalue weighted by Gasteiger charge is 2.38. The predicted octanol–water partition coefficient (Wildman–Crippen LogP) is 15.1. The number of amides is 3. The number of Topliss-reactive ketones (excluding diaryl/α,β-unsaturated/α-hetero) is 2. The summed E-state index contributed by atoms with van der Waals surface area (Å²) < 4.78 is 171. The van der Waals surface area contributed by atoms with Gasteiger partial charge in [-0.3, -0.25) is 28.8 Å². The van der Waals surface area contributed by atoms with Gasteiger partial charge in [0.1, 0.15) is 5.82 Å². The molecule has 0 heterocycles. The summed E-state index contributed by atoms with van der Waals surface area (Å²) in [7, 11) is 0. The molecule has 0 fully saturated rings. The van der Waals surface area contributed by atoms with E-state index in [-0.39, 0.29) is 114 Å². The van der Waals surface area contributed by atoms with Crippen LogP contribution in [-0.4, -0.2) is 40.4 Å². The molecule has 11 nitrogen and oxygen atoms in total. The largest absolute Gasteiger partial charge is 0.481 e. The maximum Gasteiger partial charge on any atom is 0.416 e. The molecule has 7 rings (SSSR count). The van der Waals surface area contributed by atoms with Crippen LogP contribution in [0.2, 0.25) is 0 Å². The minimum absolute atomic E-state index is 0.0310. The third kappa shape index (κ3) is 18.1. The smallest absolute Gasteiger partial charge is 0.416 e. The predicted molar refractivity (Wildman–Crippen MR) is 278 cm³/mol. The maximum absolute atomic E-state index is 13.2. The first kappa shape index (κ1) is 62.9. The summed E-state index contributed by atoms with van der Waals surface area (Å²) in [5, 5.41) is 16.7. The monoisotopic (exact) mass is 1160 g/mol. The zero-order chi connectivity index (χ0) is 60.3. The average Bonchev–Trinajstić information content (AvgIpc) is 3.01. The second kappa shape index (κ2) is 26.5. The highest BCUT2D eigenvalue weighted by atomic mass is 19.4. The van der Waals surface area contributed by atoms with E-state index in [0.29, 0.717) is 97.4 Å². The third-order valence-corrected chi connectivity index (χ3v) is 13.0. The van der Waals surface area contributed by atoms with Crippen molar-refractivity contribution in [2.24, 2.45) is 0 Å². The molecular weight excluding hydrogens is 1110 g/mol. The number of hydrogen-bond donors (Lipinski definition) is 5. The second-order valence-electron chi connectivity index (χ2n) is 19.3. The molecule has 2 aliphatic rings. The molecule has 436 valence electrons. The van der Waals surface area contributed by atoms with Gasteiger partial charge >= 0.3 is 30.7 Å². The van der Waals surface area contributed by atoms with Crippen molar-refractivity contribution in [1.29, 1.82) is 0 Å². The van der Waals surface area contributed by atoms with Crippen LogP contribution in [-0.2, 0) is 56.7 Å². The highest BCUT2D eigenvalue weighted by Crippen LogP contribution is 2.40. The van der Waals surface area contributed by atoms with Gasteiger partial charge in [0.05, 0.1) is 33.6 Å². The number of carbonyl (C=O) groups excluding carboxylic acids is 5. The molecule has 24 heteroatoms. The lowest BCUT2D eigenvalue weighted by Crippen LogP contribution is -2.16. The van der Waals surface area contributed by atoms with Crippen molar-refractivity contribution < 1.29 is 90.9 Å². The fraction of sp³-hybridized carbons (Fsp3) is 0.310. The number of benzene rings is 5. The van der Waals surface area contributed by atoms with Crippen LogP contribution in [0.1, 0.15) is 142 Å². The van der Waals surface area contributed by atoms with E-state index in [1.54, 1.807) is 12.1 Å². The minimum atomic E-state index is -5.00. The zero-order valence-corrected chi connectivity index (χ0v) is 43.1. The standard InChI is InChI=1S/C32H28F7N3O3.C26H23F6NO4/c33-23-8-11-27(26(40)17-23)42-29(44)5-3-1-2-4-28(43)41-24-9-10-25-19(15-24)6-7-20(30(25)45)12-18-13-21(31(34,35)36)16-22(14-18)32(37,38)39;27-25(28,29)18-11-15(12-19(14-18)26(30,31)32)10-17-7-6-16-13-20(8-9-21(16)24(17)37)33-22(34)4-2-1-3-5-23(35)36/h8-17H,1-7,40H2,(H,41,43)(H,42,44);8-14H,1-7H2,(H,33,34)(H,35,36)/b20-12+;17-10+. The van der Waals surface area contributed by atoms with E-state index in [0.717, 1.165) is 18.2 Å². The summed E-state index contributed by atoms with van der Waals surface area (Å²) in [5.41, 5.74) is 2.21. The van der Waals surface area contributed by atoms with E-state index < -0.39 is 70.3 Å². The van der Waals surface area contributed by atoms with Gasteiger partial charge in [0.2, 0.25) is 17.7 Å². The quantitative estimate of drug-likeness (QED) is 0.0264. The van der Waals surface area contributed by atoms with Crippen LogP contribution < -0.4 is 21.7 Å². The Morgan fingerprint density at radius 3 is 1.18 bits per heavy atom. The number of fused-ring (bicyclic) bond motifs is 2. The van der Waals surface area contributed by atoms with Crippen molar-refractivity contribution in [1.82, 2.24) is 0 Å². The fourth-order valence-corrected chi connectivity index (χ4v) is 8.91. The Hall–Kier alpha value is -8.31. The number of alkyl halides is 12. The molecule has 0 bridgehead atoms. The van der Waals surface area contributed by atoms with Crippen LogP contribution in [0.4, 0.5) is 79.8 Å². The van der Waals surface area contributed by atoms with Gasteiger partial charge < -0.3 is 26.8 Å². The normalized spacial score (nSPS) is 14.6. The molecule has 0 aromatic heterocycles. The lowest BCUT2D eigenvalue weighted by Gasteiger charge is -2.19. The topological polar surface area (TPSA) is 185 Å². The average molecular weight is 1160 g/mol. The highest BCUT2D eigenvalue weighted by molar-refractivity contribution is 6.14. The van der Waals surface area contributed by atoms with Crippen LogP contribution >= 0.6 is 0 Å². The molecule has 0 unspecified atom stereocenters. The minimum Gasteiger partial charge on any atom is -0.481 e. The summed E-state index contributed by atoms with van der Waals surface area (Å²) in [6, 6.07) is 15.1. The van der Waals surface area contributed by atoms with Gasteiger partial charge in [-0.1, -0.05) is 12.8 Å². The second-order valence-corrected chi connectivity index (χ2v) is 19.3. The molecule has 3 amide bonds. The number of nitrogen functional groups attached to an aromatic ring is 1. The van der Waals surface area contributed by atoms with Crippen LogP contribution in [0.3, 0.4) is 0 Å². The van der Waals surface area contributed by atoms with E-state index in [9.17, 15) is 85.8 Å². The van der Waals surface area contributed by atoms with Crippen molar-refractivity contribution >= 4 is 70.2 Å². The van der Waals surface area contributed by atoms with Gasteiger partial charge in [0.25, 0.3) is 0 Å². The summed E-state index contributed by atoms with van der Waals surface area (Å²) in [6.07, 6.45) is -13.4. The van der Waals surface area contributed by atoms with Crippen LogP contribution in [0.5, 0.6) is 0 Å². The molecule has 0 aliphatic heterocycles. The number of nitrogens with two attached hydrogens (primary N) is 1. The molecule has 2 aliphatic carbocycles. The number of nitrogens with one attached hydrogen (secondary N) is 3. The van der Waals surface area contributed by atoms with Crippen LogP contribution in [0.25, 0.3) is 12.2 Å². The molecule has 0 saturated heterocycles. The number of halogens is 13. The number of carbonyl (C=O) groups is 6. The summed E-state index contributed by atoms with van der Waals surface area (Å²) in [5.74, 6) is -3.30. The van der Waals surface area contributed by atoms with E-state index in [1.807, 2.05) is 0 Å². The molecule has 0 atom stereocenters. The number of carboxylic acids is 1. The number of allylic oxidation sites excluding steroid dienone is 2. The van der Waals surface area contributed by atoms with Crippen LogP contribution in [0, 0.1) is 5.82 Å². The Labute approximate surface area is 459 Å². The van der Waals surface area contributed by atoms with Gasteiger partial charge in [-0.15, -0.1) is 0 Å². The van der Waals surface area contributed by atoms with Gasteiger partial charge in [0.15, 0.2) is 11.6 Å². The Bertz CT molecular complexity index is 3240. The fourth-order valence-electron chi connectivity index (χ4n) is 8.91. The lowest BCUT2D eigenvalue weighted by atomic mass is 9.85. The third-order valence-electron chi connectivity index (χ3n) is 13.0. The summed E-state index contributed by atoms with van der Waals surface area (Å²) in [4.78, 5) is 73.1. The first-order valence-corrected chi connectivity index (χ1v) is 25.4. The van der Waals surface area contributed by atoms with E-state index in [2.05, 4.69) is 16.0 Å². The first-order valence-electron chi connectivity index (χ1n) is 25.4. The number of aliphatic carboxylic acids is 1. The SMILES string of the molecule is Nc1cc(F)ccc1NC(=O)CCCCCC(=O)Nc1ccc2c(c1)CC/C(=C\c1cc(C(F)(F)F)cc(C(F)(F)F)c1)C2=O.O=C(O)CCCCCC(=O)Nc1ccc2c(c1)CC/C(=C\c1cc(C(F)(F)F)cc(C(F)(F)F)c1)C2=O. The maximum atomic E-state index is 13.2. The van der Waals surface area contributed by atoms with Crippen molar-refractivity contribution in [2.75, 3.05) is 21.7 Å². The number of hydrogen-bond acceptors (Lipinski definition) is 7. The van der Waals surface area contributed by atoms with E-state index in [1.165, 1.54) is 36.4 Å². The Balaban J connectivity index is 0.000000269. The number of unbranched alkanes of at least 4 members (excludes halogenated alkanes) is 4. The van der Waals surface area contributed by atoms with E-state index >= 15 is 0 Å². The van der Waals surface area contributed by atoms with Gasteiger partial charge in [-0.25, -0.2) is 4.39 Å². The van der Waals surface area contributed by atoms with Crippen molar-refractivity contribution in [3.8, 4) is 0 Å². The number of aryl methyl sites for hydroxylation is 2. The Morgan fingerprint density at radius 1 is 0.463 bits per heavy atom. The Kier molecular flexibility index (Phi) is 20.3.